The summed E-state index contributed by atoms with van der Waals surface area (Å²) in [4.78, 5) is 61.3. The Morgan fingerprint density at radius 1 is 0.550 bits per heavy atom. The maximum atomic E-state index is 9.10. The van der Waals surface area contributed by atoms with E-state index in [4.69, 9.17) is 58.3 Å². The second-order valence-corrected chi connectivity index (χ2v) is 3.69. The molecule has 8 N–H and O–H groups in total. The van der Waals surface area contributed by atoms with Crippen molar-refractivity contribution in [2.45, 2.75) is 0 Å². The van der Waals surface area contributed by atoms with Gasteiger partial charge in [0.05, 0.1) is 0 Å². The molecule has 0 rings (SSSR count). The van der Waals surface area contributed by atoms with Crippen LogP contribution < -0.4 is 0 Å². The number of hydrogen-bond acceptors (Lipinski definition) is 4. The zero-order chi connectivity index (χ0) is 14.2. The van der Waals surface area contributed by atoms with Crippen molar-refractivity contribution in [3.05, 3.63) is 0 Å². The summed E-state index contributed by atoms with van der Waals surface area (Å²) in [7, 11) is -9.28. The molecule has 0 aromatic carbocycles. The van der Waals surface area contributed by atoms with Crippen molar-refractivity contribution >= 4 is 179 Å². The number of carboxylic acids is 2. The molecule has 18 heteroatoms. The van der Waals surface area contributed by atoms with Gasteiger partial charge in [-0.25, -0.2) is 18.7 Å². The van der Waals surface area contributed by atoms with Crippen molar-refractivity contribution in [1.29, 1.82) is 0 Å². The SMILES string of the molecule is O=C(O)C(=O)O.O=P(O)(O)O.O=P(O)(O)O.[CaH2].[CaH2].[CaH2].[CaH2]. The van der Waals surface area contributed by atoms with Crippen LogP contribution in [0.5, 0.6) is 0 Å². The summed E-state index contributed by atoms with van der Waals surface area (Å²) in [6.07, 6.45) is 0. The number of hydrogen-bond donors (Lipinski definition) is 8. The minimum absolute atomic E-state index is 0. The molecule has 0 saturated carbocycles. The van der Waals surface area contributed by atoms with Gasteiger partial charge in [0.15, 0.2) is 0 Å². The molecular weight excluding hydrogens is 438 g/mol. The van der Waals surface area contributed by atoms with Crippen LogP contribution in [-0.4, -0.2) is 202 Å². The second-order valence-electron chi connectivity index (χ2n) is 1.64. The quantitative estimate of drug-likeness (QED) is 0.0970. The first kappa shape index (κ1) is 44.0. The van der Waals surface area contributed by atoms with E-state index in [2.05, 4.69) is 0 Å². The zero-order valence-electron chi connectivity index (χ0n) is 7.11. The van der Waals surface area contributed by atoms with Gasteiger partial charge in [-0.1, -0.05) is 0 Å². The average molecular weight is 454 g/mol. The maximum absolute atomic E-state index is 9.10. The number of aliphatic carboxylic acids is 2. The summed E-state index contributed by atoms with van der Waals surface area (Å²) in [6, 6.07) is 0. The van der Waals surface area contributed by atoms with Crippen molar-refractivity contribution in [2.24, 2.45) is 0 Å². The molecule has 20 heavy (non-hydrogen) atoms. The van der Waals surface area contributed by atoms with Crippen molar-refractivity contribution in [2.75, 3.05) is 0 Å². The molecule has 12 nitrogen and oxygen atoms in total. The third-order valence-corrected chi connectivity index (χ3v) is 0.183. The molecule has 0 heterocycles. The molecule has 0 fully saturated rings. The van der Waals surface area contributed by atoms with Crippen LogP contribution in [0, 0.1) is 0 Å². The van der Waals surface area contributed by atoms with Gasteiger partial charge in [0, 0.05) is 0 Å². The first-order valence-corrected chi connectivity index (χ1v) is 5.80. The molecule has 0 aromatic heterocycles. The van der Waals surface area contributed by atoms with E-state index in [1.54, 1.807) is 0 Å². The number of phosphoric acid groups is 2. The van der Waals surface area contributed by atoms with Crippen molar-refractivity contribution < 1.29 is 58.3 Å². The van der Waals surface area contributed by atoms with Gasteiger partial charge in [0.2, 0.25) is 0 Å². The van der Waals surface area contributed by atoms with Gasteiger partial charge >= 0.3 is 179 Å². The Hall–Kier alpha value is 4.20. The van der Waals surface area contributed by atoms with Gasteiger partial charge in [0.25, 0.3) is 0 Å². The molecule has 0 aliphatic carbocycles. The summed E-state index contributed by atoms with van der Waals surface area (Å²) >= 11 is 0. The Kier molecular flexibility index (Phi) is 51.1. The normalized spacial score (nSPS) is 8.10. The van der Waals surface area contributed by atoms with E-state index in [1.807, 2.05) is 0 Å². The first-order valence-electron chi connectivity index (χ1n) is 2.67. The van der Waals surface area contributed by atoms with E-state index in [0.29, 0.717) is 0 Å². The standard InChI is InChI=1S/C2H2O4.4Ca.2H3O4P.8H/c3-1(4)2(5)6;;;;;2*1-5(2,3)4;;;;;;;;/h(H,3,4)(H,5,6);;;;;2*(H3,1,2,3,4);;;;;;;;. The zero-order valence-corrected chi connectivity index (χ0v) is 8.89. The van der Waals surface area contributed by atoms with Gasteiger partial charge in [-0.2, -0.15) is 0 Å². The van der Waals surface area contributed by atoms with Crippen LogP contribution in [0.25, 0.3) is 0 Å². The van der Waals surface area contributed by atoms with Crippen molar-refractivity contribution in [1.82, 2.24) is 0 Å². The molecule has 0 spiro atoms. The van der Waals surface area contributed by atoms with Gasteiger partial charge in [-0.3, -0.25) is 0 Å². The summed E-state index contributed by atoms with van der Waals surface area (Å²) < 4.78 is 17.8. The van der Waals surface area contributed by atoms with Crippen LogP contribution in [0.3, 0.4) is 0 Å². The van der Waals surface area contributed by atoms with Gasteiger partial charge in [0.1, 0.15) is 0 Å². The molecule has 0 aromatic rings. The van der Waals surface area contributed by atoms with Gasteiger partial charge in [-0.05, 0) is 0 Å². The predicted octanol–water partition coefficient (Wildman–Crippen LogP) is -6.37. The molecule has 0 amide bonds. The molecule has 114 valence electrons. The summed E-state index contributed by atoms with van der Waals surface area (Å²) in [5.41, 5.74) is 0. The van der Waals surface area contributed by atoms with E-state index >= 15 is 0 Å². The fraction of sp³-hybridized carbons (Fsp3) is 0. The molecule has 0 saturated heterocycles. The second kappa shape index (κ2) is 23.2. The summed E-state index contributed by atoms with van der Waals surface area (Å²) in [5, 5.41) is 14.8. The predicted molar refractivity (Wildman–Crippen MR) is 78.0 cm³/mol. The number of carboxylic acid groups (broad SMARTS) is 2. The topological polar surface area (TPSA) is 230 Å². The summed E-state index contributed by atoms with van der Waals surface area (Å²) in [5.74, 6) is -3.65. The van der Waals surface area contributed by atoms with Crippen LogP contribution in [0.2, 0.25) is 0 Å². The average Bonchev–Trinajstić information content (AvgIpc) is 1.77. The molecule has 0 bridgehead atoms. The van der Waals surface area contributed by atoms with E-state index in [9.17, 15) is 0 Å². The Morgan fingerprint density at radius 2 is 0.600 bits per heavy atom. The third kappa shape index (κ3) is 148. The van der Waals surface area contributed by atoms with E-state index < -0.39 is 27.6 Å². The minimum atomic E-state index is -4.64. The molecule has 0 unspecified atom stereocenters. The van der Waals surface area contributed by atoms with Crippen LogP contribution in [0.15, 0.2) is 0 Å². The van der Waals surface area contributed by atoms with Crippen LogP contribution >= 0.6 is 15.6 Å². The van der Waals surface area contributed by atoms with Crippen molar-refractivity contribution in [3.8, 4) is 0 Å². The first-order chi connectivity index (χ1) is 6.64. The Balaban J connectivity index is -0.0000000232. The van der Waals surface area contributed by atoms with Crippen LogP contribution in [0.4, 0.5) is 0 Å². The number of rotatable bonds is 0. The monoisotopic (exact) mass is 454 g/mol. The Morgan fingerprint density at radius 3 is 0.600 bits per heavy atom. The van der Waals surface area contributed by atoms with Gasteiger partial charge < -0.3 is 39.6 Å². The summed E-state index contributed by atoms with van der Waals surface area (Å²) in [6.45, 7) is 0. The van der Waals surface area contributed by atoms with Crippen LogP contribution in [0.1, 0.15) is 0 Å². The molecule has 0 aliphatic heterocycles. The fourth-order valence-corrected chi connectivity index (χ4v) is 0. The fourth-order valence-electron chi connectivity index (χ4n) is 0. The van der Waals surface area contributed by atoms with Gasteiger partial charge in [-0.15, -0.1) is 0 Å². The molecule has 0 atom stereocenters. The van der Waals surface area contributed by atoms with E-state index in [0.717, 1.165) is 0 Å². The molecule has 0 radical (unpaired) electrons. The third-order valence-electron chi connectivity index (χ3n) is 0.183. The number of carbonyl (C=O) groups is 2. The Labute approximate surface area is 231 Å². The van der Waals surface area contributed by atoms with E-state index in [-0.39, 0.29) is 151 Å². The Bertz CT molecular complexity index is 271. The molecular formula is C2H16Ca4O12P2. The van der Waals surface area contributed by atoms with E-state index in [1.165, 1.54) is 0 Å². The van der Waals surface area contributed by atoms with Crippen molar-refractivity contribution in [3.63, 3.8) is 0 Å². The molecule has 0 aliphatic rings. The van der Waals surface area contributed by atoms with Crippen LogP contribution in [-0.2, 0) is 18.7 Å².